The lowest BCUT2D eigenvalue weighted by atomic mass is 10.1. The first kappa shape index (κ1) is 19.5. The summed E-state index contributed by atoms with van der Waals surface area (Å²) in [5.74, 6) is 0. The van der Waals surface area contributed by atoms with Gasteiger partial charge in [0.05, 0.1) is 4.92 Å². The Kier molecular flexibility index (Phi) is 9.45. The van der Waals surface area contributed by atoms with E-state index in [9.17, 15) is 23.3 Å². The Bertz CT molecular complexity index is 393. The molecule has 0 fully saturated rings. The van der Waals surface area contributed by atoms with Gasteiger partial charge in [-0.05, 0) is 12.1 Å². The van der Waals surface area contributed by atoms with Crippen molar-refractivity contribution in [3.8, 4) is 0 Å². The maximum Gasteiger partial charge on any atom is 0.423 e. The number of nitrogens with zero attached hydrogens (tertiary/aromatic N) is 1. The summed E-state index contributed by atoms with van der Waals surface area (Å²) in [6.07, 6.45) is -4.73. The zero-order valence-corrected chi connectivity index (χ0v) is 11.6. The van der Waals surface area contributed by atoms with Crippen LogP contribution in [0.3, 0.4) is 0 Å². The number of nitrogens with one attached hydrogen (secondary N) is 1. The fourth-order valence-corrected chi connectivity index (χ4v) is 1.08. The molecule has 0 saturated heterocycles. The average Bonchev–Trinajstić information content (AvgIpc) is 2.41. The molecule has 1 N–H and O–H groups in total. The monoisotopic (exact) mass is 280 g/mol. The Labute approximate surface area is 110 Å². The molecule has 1 aromatic rings. The fraction of sp³-hybridized carbons (Fsp3) is 0.500. The van der Waals surface area contributed by atoms with Crippen LogP contribution in [0.15, 0.2) is 18.2 Å². The highest BCUT2D eigenvalue weighted by Crippen LogP contribution is 2.37. The Morgan fingerprint density at radius 3 is 1.95 bits per heavy atom. The van der Waals surface area contributed by atoms with Crippen molar-refractivity contribution in [1.82, 2.24) is 0 Å². The second-order valence-corrected chi connectivity index (χ2v) is 2.74. The highest BCUT2D eigenvalue weighted by molar-refractivity contribution is 5.54. The molecule has 0 aliphatic heterocycles. The van der Waals surface area contributed by atoms with Crippen LogP contribution in [0.4, 0.5) is 24.5 Å². The Hall–Kier alpha value is -1.79. The molecule has 0 unspecified atom stereocenters. The fourth-order valence-electron chi connectivity index (χ4n) is 1.08. The van der Waals surface area contributed by atoms with Gasteiger partial charge in [0.1, 0.15) is 5.56 Å². The molecule has 4 nitrogen and oxygen atoms in total. The van der Waals surface area contributed by atoms with E-state index in [-0.39, 0.29) is 5.69 Å². The lowest BCUT2D eigenvalue weighted by Gasteiger charge is -2.09. The van der Waals surface area contributed by atoms with E-state index in [4.69, 9.17) is 0 Å². The predicted molar refractivity (Wildman–Crippen MR) is 70.3 cm³/mol. The van der Waals surface area contributed by atoms with Gasteiger partial charge in [0.15, 0.2) is 0 Å². The van der Waals surface area contributed by atoms with Gasteiger partial charge in [-0.1, -0.05) is 27.7 Å². The number of hydrogen-bond donors (Lipinski definition) is 1. The topological polar surface area (TPSA) is 55.2 Å². The summed E-state index contributed by atoms with van der Waals surface area (Å²) in [6.45, 7) is 8.00. The molecule has 0 saturated carbocycles. The molecule has 0 aliphatic carbocycles. The van der Waals surface area contributed by atoms with E-state index in [1.165, 1.54) is 13.1 Å². The molecule has 0 spiro atoms. The number of anilines is 1. The van der Waals surface area contributed by atoms with Gasteiger partial charge in [-0.2, -0.15) is 13.2 Å². The molecule has 19 heavy (non-hydrogen) atoms. The highest BCUT2D eigenvalue weighted by atomic mass is 19.4. The SMILES string of the molecule is CC.CC.CNc1ccc([N+](=O)[O-])c(C(F)(F)F)c1. The van der Waals surface area contributed by atoms with Gasteiger partial charge in [-0.3, -0.25) is 10.1 Å². The van der Waals surface area contributed by atoms with Crippen LogP contribution < -0.4 is 5.32 Å². The lowest BCUT2D eigenvalue weighted by molar-refractivity contribution is -0.388. The van der Waals surface area contributed by atoms with Crippen molar-refractivity contribution in [2.45, 2.75) is 33.9 Å². The molecule has 1 rings (SSSR count). The molecule has 0 atom stereocenters. The van der Waals surface area contributed by atoms with E-state index in [1.807, 2.05) is 27.7 Å². The molecular formula is C12H19F3N2O2. The van der Waals surface area contributed by atoms with Gasteiger partial charge in [-0.15, -0.1) is 0 Å². The van der Waals surface area contributed by atoms with Gasteiger partial charge in [-0.25, -0.2) is 0 Å². The third-order valence-corrected chi connectivity index (χ3v) is 1.79. The van der Waals surface area contributed by atoms with Gasteiger partial charge in [0.2, 0.25) is 0 Å². The molecule has 110 valence electrons. The highest BCUT2D eigenvalue weighted by Gasteiger charge is 2.38. The van der Waals surface area contributed by atoms with Crippen LogP contribution in [-0.2, 0) is 6.18 Å². The molecule has 0 radical (unpaired) electrons. The van der Waals surface area contributed by atoms with Gasteiger partial charge in [0, 0.05) is 18.8 Å². The molecular weight excluding hydrogens is 261 g/mol. The van der Waals surface area contributed by atoms with E-state index in [2.05, 4.69) is 5.32 Å². The number of nitro groups is 1. The Balaban J connectivity index is 0. The minimum absolute atomic E-state index is 0.174. The first-order valence-electron chi connectivity index (χ1n) is 5.89. The zero-order chi connectivity index (χ0) is 15.6. The van der Waals surface area contributed by atoms with E-state index in [0.717, 1.165) is 6.07 Å². The van der Waals surface area contributed by atoms with Gasteiger partial charge >= 0.3 is 6.18 Å². The minimum Gasteiger partial charge on any atom is -0.388 e. The van der Waals surface area contributed by atoms with Crippen molar-refractivity contribution in [1.29, 1.82) is 0 Å². The van der Waals surface area contributed by atoms with Crippen molar-refractivity contribution < 1.29 is 18.1 Å². The third-order valence-electron chi connectivity index (χ3n) is 1.79. The van der Waals surface area contributed by atoms with E-state index >= 15 is 0 Å². The summed E-state index contributed by atoms with van der Waals surface area (Å²) >= 11 is 0. The van der Waals surface area contributed by atoms with Crippen LogP contribution >= 0.6 is 0 Å². The number of hydrogen-bond acceptors (Lipinski definition) is 3. The van der Waals surface area contributed by atoms with Crippen molar-refractivity contribution in [3.63, 3.8) is 0 Å². The predicted octanol–water partition coefficient (Wildman–Crippen LogP) is 4.71. The quantitative estimate of drug-likeness (QED) is 0.630. The summed E-state index contributed by atoms with van der Waals surface area (Å²) in [7, 11) is 1.43. The van der Waals surface area contributed by atoms with E-state index in [1.54, 1.807) is 0 Å². The lowest BCUT2D eigenvalue weighted by Crippen LogP contribution is -2.09. The minimum atomic E-state index is -4.73. The summed E-state index contributed by atoms with van der Waals surface area (Å²) in [6, 6.07) is 2.75. The normalized spacial score (nSPS) is 9.47. The second-order valence-electron chi connectivity index (χ2n) is 2.74. The van der Waals surface area contributed by atoms with Crippen LogP contribution in [0, 0.1) is 10.1 Å². The summed E-state index contributed by atoms with van der Waals surface area (Å²) in [5, 5.41) is 12.8. The number of nitro benzene ring substituents is 1. The van der Waals surface area contributed by atoms with Gasteiger partial charge < -0.3 is 5.32 Å². The largest absolute Gasteiger partial charge is 0.423 e. The first-order valence-corrected chi connectivity index (χ1v) is 5.89. The summed E-state index contributed by atoms with van der Waals surface area (Å²) < 4.78 is 37.2. The average molecular weight is 280 g/mol. The molecule has 0 amide bonds. The molecule has 0 bridgehead atoms. The van der Waals surface area contributed by atoms with E-state index in [0.29, 0.717) is 6.07 Å². The van der Waals surface area contributed by atoms with Crippen LogP contribution in [-0.4, -0.2) is 12.0 Å². The third kappa shape index (κ3) is 6.08. The first-order chi connectivity index (χ1) is 8.86. The number of alkyl halides is 3. The Morgan fingerprint density at radius 1 is 1.16 bits per heavy atom. The molecule has 1 aromatic carbocycles. The second kappa shape index (κ2) is 9.18. The van der Waals surface area contributed by atoms with E-state index < -0.39 is 22.4 Å². The summed E-state index contributed by atoms with van der Waals surface area (Å²) in [4.78, 5) is 9.30. The smallest absolute Gasteiger partial charge is 0.388 e. The van der Waals surface area contributed by atoms with Crippen LogP contribution in [0.25, 0.3) is 0 Å². The number of rotatable bonds is 2. The molecule has 0 aromatic heterocycles. The maximum absolute atomic E-state index is 12.4. The molecule has 0 heterocycles. The standard InChI is InChI=1S/C8H7F3N2O2.2C2H6/c1-12-5-2-3-7(13(14)15)6(4-5)8(9,10)11;2*1-2/h2-4,12H,1H3;2*1-2H3. The van der Waals surface area contributed by atoms with Crippen LogP contribution in [0.2, 0.25) is 0 Å². The van der Waals surface area contributed by atoms with Gasteiger partial charge in [0.25, 0.3) is 5.69 Å². The van der Waals surface area contributed by atoms with Crippen molar-refractivity contribution in [3.05, 3.63) is 33.9 Å². The number of benzene rings is 1. The van der Waals surface area contributed by atoms with Crippen molar-refractivity contribution in [2.75, 3.05) is 12.4 Å². The van der Waals surface area contributed by atoms with Crippen molar-refractivity contribution in [2.24, 2.45) is 0 Å². The number of halogens is 3. The van der Waals surface area contributed by atoms with Crippen LogP contribution in [0.1, 0.15) is 33.3 Å². The maximum atomic E-state index is 12.4. The molecule has 7 heteroatoms. The van der Waals surface area contributed by atoms with Crippen molar-refractivity contribution >= 4 is 11.4 Å². The summed E-state index contributed by atoms with van der Waals surface area (Å²) in [5.41, 5.74) is -2.02. The van der Waals surface area contributed by atoms with Crippen LogP contribution in [0.5, 0.6) is 0 Å². The zero-order valence-electron chi connectivity index (χ0n) is 11.6. The Morgan fingerprint density at radius 2 is 1.63 bits per heavy atom. The molecule has 0 aliphatic rings.